The lowest BCUT2D eigenvalue weighted by atomic mass is 9.82. The molecule has 3 aliphatic rings. The highest BCUT2D eigenvalue weighted by molar-refractivity contribution is 5.86. The van der Waals surface area contributed by atoms with Crippen LogP contribution in [-0.2, 0) is 5.41 Å². The predicted molar refractivity (Wildman–Crippen MR) is 225 cm³/mol. The summed E-state index contributed by atoms with van der Waals surface area (Å²) in [7, 11) is 0. The van der Waals surface area contributed by atoms with Crippen molar-refractivity contribution in [1.82, 2.24) is 0 Å². The Kier molecular flexibility index (Phi) is 8.12. The lowest BCUT2D eigenvalue weighted by molar-refractivity contribution is 0.660. The quantitative estimate of drug-likeness (QED) is 0.154. The second-order valence-corrected chi connectivity index (χ2v) is 15.1. The van der Waals surface area contributed by atoms with Gasteiger partial charge in [-0.15, -0.1) is 0 Å². The zero-order valence-corrected chi connectivity index (χ0v) is 30.9. The van der Waals surface area contributed by atoms with E-state index in [-0.39, 0.29) is 17.4 Å². The summed E-state index contributed by atoms with van der Waals surface area (Å²) in [6.07, 6.45) is 11.7. The number of allylic oxidation sites excluding steroid dienone is 6. The predicted octanol–water partition coefficient (Wildman–Crippen LogP) is 13.4. The summed E-state index contributed by atoms with van der Waals surface area (Å²) in [4.78, 5) is 4.90. The first-order chi connectivity index (χ1) is 25.9. The summed E-state index contributed by atoms with van der Waals surface area (Å²) in [5, 5.41) is 0. The van der Waals surface area contributed by atoms with Gasteiger partial charge in [0.05, 0.1) is 6.04 Å². The van der Waals surface area contributed by atoms with Crippen molar-refractivity contribution in [1.29, 1.82) is 0 Å². The van der Waals surface area contributed by atoms with Crippen molar-refractivity contribution < 1.29 is 0 Å². The largest absolute Gasteiger partial charge is 0.333 e. The standard InChI is InChI=1S/C51H44N2/c1-35(37-15-7-5-8-16-37)23-24-36(2)52(42-30-31-44-43-19-11-13-21-47(43)51(3,4)48(44)34-42)41-28-25-38(26-29-41)39-27-32-50-46(33-39)45-20-12-14-22-49(45)53(50)40-17-9-6-10-18-40/h5-34,46,50H,1-4H3/b35-23+,36-24+. The molecular formula is C51H44N2. The van der Waals surface area contributed by atoms with Crippen molar-refractivity contribution >= 4 is 33.9 Å². The topological polar surface area (TPSA) is 6.48 Å². The molecule has 0 amide bonds. The van der Waals surface area contributed by atoms with Crippen LogP contribution < -0.4 is 9.80 Å². The Labute approximate surface area is 314 Å². The van der Waals surface area contributed by atoms with Crippen molar-refractivity contribution in [3.8, 4) is 11.1 Å². The van der Waals surface area contributed by atoms with Gasteiger partial charge in [-0.1, -0.05) is 147 Å². The lowest BCUT2D eigenvalue weighted by Gasteiger charge is -2.30. The van der Waals surface area contributed by atoms with E-state index in [2.05, 4.69) is 220 Å². The third-order valence-electron chi connectivity index (χ3n) is 11.5. The Hall–Kier alpha value is -6.12. The van der Waals surface area contributed by atoms with Crippen LogP contribution in [0.3, 0.4) is 0 Å². The minimum Gasteiger partial charge on any atom is -0.333 e. The van der Waals surface area contributed by atoms with Crippen molar-refractivity contribution in [2.45, 2.75) is 45.1 Å². The van der Waals surface area contributed by atoms with Crippen molar-refractivity contribution in [3.63, 3.8) is 0 Å². The molecule has 1 heterocycles. The summed E-state index contributed by atoms with van der Waals surface area (Å²) < 4.78 is 0. The first kappa shape index (κ1) is 32.8. The van der Waals surface area contributed by atoms with Gasteiger partial charge in [-0.05, 0) is 112 Å². The summed E-state index contributed by atoms with van der Waals surface area (Å²) >= 11 is 0. The third kappa shape index (κ3) is 5.66. The Morgan fingerprint density at radius 2 is 1.30 bits per heavy atom. The molecule has 0 N–H and O–H groups in total. The van der Waals surface area contributed by atoms with E-state index in [1.807, 2.05) is 0 Å². The lowest BCUT2D eigenvalue weighted by Crippen LogP contribution is -2.28. The van der Waals surface area contributed by atoms with Gasteiger partial charge in [-0.25, -0.2) is 0 Å². The number of rotatable bonds is 7. The molecule has 0 radical (unpaired) electrons. The molecule has 0 saturated carbocycles. The maximum Gasteiger partial charge on any atom is 0.0630 e. The maximum absolute atomic E-state index is 2.49. The van der Waals surface area contributed by atoms with E-state index in [1.54, 1.807) is 0 Å². The molecule has 0 fully saturated rings. The van der Waals surface area contributed by atoms with Crippen LogP contribution in [0.1, 0.15) is 61.4 Å². The van der Waals surface area contributed by atoms with Gasteiger partial charge in [0.25, 0.3) is 0 Å². The molecule has 53 heavy (non-hydrogen) atoms. The van der Waals surface area contributed by atoms with E-state index < -0.39 is 0 Å². The number of hydrogen-bond acceptors (Lipinski definition) is 2. The van der Waals surface area contributed by atoms with Gasteiger partial charge in [0.1, 0.15) is 0 Å². The molecule has 2 unspecified atom stereocenters. The molecule has 6 aromatic carbocycles. The molecule has 2 aliphatic carbocycles. The van der Waals surface area contributed by atoms with Crippen LogP contribution in [0.2, 0.25) is 0 Å². The van der Waals surface area contributed by atoms with E-state index >= 15 is 0 Å². The Bertz CT molecular complexity index is 2440. The average molecular weight is 685 g/mol. The van der Waals surface area contributed by atoms with Gasteiger partial charge >= 0.3 is 0 Å². The number of anilines is 4. The van der Waals surface area contributed by atoms with Gasteiger partial charge < -0.3 is 9.80 Å². The summed E-state index contributed by atoms with van der Waals surface area (Å²) in [6, 6.07) is 55.6. The molecule has 2 heteroatoms. The van der Waals surface area contributed by atoms with Gasteiger partial charge in [0, 0.05) is 39.8 Å². The molecule has 0 saturated heterocycles. The third-order valence-corrected chi connectivity index (χ3v) is 11.5. The zero-order valence-electron chi connectivity index (χ0n) is 30.9. The second-order valence-electron chi connectivity index (χ2n) is 15.1. The molecule has 2 nitrogen and oxygen atoms in total. The molecule has 0 aromatic heterocycles. The average Bonchev–Trinajstić information content (AvgIpc) is 3.66. The summed E-state index contributed by atoms with van der Waals surface area (Å²) in [5.41, 5.74) is 17.7. The van der Waals surface area contributed by atoms with E-state index in [9.17, 15) is 0 Å². The monoisotopic (exact) mass is 684 g/mol. The first-order valence-corrected chi connectivity index (χ1v) is 18.8. The van der Waals surface area contributed by atoms with E-state index in [0.29, 0.717) is 0 Å². The number of nitrogens with zero attached hydrogens (tertiary/aromatic N) is 2. The fourth-order valence-electron chi connectivity index (χ4n) is 8.74. The van der Waals surface area contributed by atoms with Crippen LogP contribution in [-0.4, -0.2) is 6.04 Å². The Morgan fingerprint density at radius 3 is 2.09 bits per heavy atom. The number of fused-ring (bicyclic) bond motifs is 6. The Morgan fingerprint density at radius 1 is 0.642 bits per heavy atom. The van der Waals surface area contributed by atoms with Gasteiger partial charge in [0.2, 0.25) is 0 Å². The zero-order chi connectivity index (χ0) is 36.1. The van der Waals surface area contributed by atoms with Crippen LogP contribution in [0.5, 0.6) is 0 Å². The molecule has 0 bridgehead atoms. The van der Waals surface area contributed by atoms with Crippen LogP contribution in [0.25, 0.3) is 22.3 Å². The van der Waals surface area contributed by atoms with Crippen LogP contribution >= 0.6 is 0 Å². The smallest absolute Gasteiger partial charge is 0.0630 e. The number of para-hydroxylation sites is 2. The van der Waals surface area contributed by atoms with E-state index in [0.717, 1.165) is 11.4 Å². The fraction of sp³-hybridized carbons (Fsp3) is 0.137. The van der Waals surface area contributed by atoms with E-state index in [1.165, 1.54) is 67.2 Å². The van der Waals surface area contributed by atoms with Gasteiger partial charge in [-0.2, -0.15) is 0 Å². The summed E-state index contributed by atoms with van der Waals surface area (Å²) in [5.74, 6) is 0.284. The molecule has 2 atom stereocenters. The highest BCUT2D eigenvalue weighted by atomic mass is 15.2. The molecule has 1 aliphatic heterocycles. The minimum atomic E-state index is -0.0779. The molecule has 258 valence electrons. The minimum absolute atomic E-state index is 0.0779. The number of benzene rings is 6. The van der Waals surface area contributed by atoms with Gasteiger partial charge in [-0.3, -0.25) is 0 Å². The Balaban J connectivity index is 1.08. The number of hydrogen-bond donors (Lipinski definition) is 0. The fourth-order valence-corrected chi connectivity index (χ4v) is 8.74. The van der Waals surface area contributed by atoms with E-state index in [4.69, 9.17) is 0 Å². The molecular weight excluding hydrogens is 641 g/mol. The molecule has 6 aromatic rings. The van der Waals surface area contributed by atoms with Crippen LogP contribution in [0.4, 0.5) is 22.7 Å². The second kappa shape index (κ2) is 13.1. The molecule has 9 rings (SSSR count). The van der Waals surface area contributed by atoms with Crippen molar-refractivity contribution in [3.05, 3.63) is 216 Å². The normalized spacial score (nSPS) is 18.2. The van der Waals surface area contributed by atoms with Crippen molar-refractivity contribution in [2.75, 3.05) is 9.80 Å². The SMILES string of the molecule is C/C(=C\C=C(/C)N(c1ccc(C2=CC3c4ccccc4N(c4ccccc4)C3C=C2)cc1)c1ccc2c(c1)C(C)(C)c1ccccc1-2)c1ccccc1. The molecule has 0 spiro atoms. The van der Waals surface area contributed by atoms with Crippen LogP contribution in [0.15, 0.2) is 188 Å². The first-order valence-electron chi connectivity index (χ1n) is 18.8. The summed E-state index contributed by atoms with van der Waals surface area (Å²) in [6.45, 7) is 9.11. The van der Waals surface area contributed by atoms with Gasteiger partial charge in [0.15, 0.2) is 0 Å². The highest BCUT2D eigenvalue weighted by Crippen LogP contribution is 2.51. The maximum atomic E-state index is 2.49. The van der Waals surface area contributed by atoms with Crippen LogP contribution in [0, 0.1) is 0 Å². The highest BCUT2D eigenvalue weighted by Gasteiger charge is 2.38. The van der Waals surface area contributed by atoms with Crippen molar-refractivity contribution in [2.24, 2.45) is 0 Å².